The van der Waals surface area contributed by atoms with E-state index >= 15 is 0 Å². The maximum atomic E-state index is 13.8. The minimum atomic E-state index is -4.99. The first-order valence-corrected chi connectivity index (χ1v) is 10.6. The maximum Gasteiger partial charge on any atom is 0.419 e. The van der Waals surface area contributed by atoms with Gasteiger partial charge in [0.2, 0.25) is 6.29 Å². The lowest BCUT2D eigenvalue weighted by Crippen LogP contribution is -2.47. The molecule has 0 bridgehead atoms. The van der Waals surface area contributed by atoms with Crippen molar-refractivity contribution in [2.45, 2.75) is 37.2 Å². The monoisotopic (exact) mass is 516 g/mol. The highest BCUT2D eigenvalue weighted by atomic mass is 19.4. The number of carbonyl (C=O) groups excluding carboxylic acids is 2. The molecule has 2 aromatic rings. The van der Waals surface area contributed by atoms with Crippen molar-refractivity contribution < 1.29 is 53.0 Å². The number of halogens is 3. The minimum Gasteiger partial charge on any atom is -0.462 e. The lowest BCUT2D eigenvalue weighted by Gasteiger charge is -2.27. The van der Waals surface area contributed by atoms with Crippen LogP contribution < -0.4 is 15.4 Å². The van der Waals surface area contributed by atoms with Crippen LogP contribution in [0.2, 0.25) is 0 Å². The topological polar surface area (TPSA) is 169 Å². The molecule has 4 atom stereocenters. The molecule has 0 radical (unpaired) electrons. The molecule has 36 heavy (non-hydrogen) atoms. The Morgan fingerprint density at radius 1 is 0.889 bits per heavy atom. The van der Waals surface area contributed by atoms with Gasteiger partial charge < -0.3 is 40.9 Å². The zero-order chi connectivity index (χ0) is 27.2. The molecule has 0 saturated carbocycles. The van der Waals surface area contributed by atoms with Gasteiger partial charge >= 0.3 is 6.18 Å². The molecule has 2 amide bonds. The number of nitrogens with one attached hydrogen (secondary N) is 2. The van der Waals surface area contributed by atoms with Gasteiger partial charge in [0.05, 0.1) is 11.7 Å². The van der Waals surface area contributed by atoms with Crippen molar-refractivity contribution in [1.29, 1.82) is 0 Å². The predicted octanol–water partition coefficient (Wildman–Crippen LogP) is 0.254. The van der Waals surface area contributed by atoms with Crippen LogP contribution in [0.1, 0.15) is 32.7 Å². The second kappa shape index (κ2) is 12.1. The Bertz CT molecular complexity index is 1050. The number of aliphatic hydroxyl groups is 5. The van der Waals surface area contributed by atoms with Crippen molar-refractivity contribution in [2.24, 2.45) is 0 Å². The summed E-state index contributed by atoms with van der Waals surface area (Å²) in [6, 6.07) is 6.56. The van der Waals surface area contributed by atoms with Crippen LogP contribution in [0.15, 0.2) is 36.4 Å². The fraction of sp³-hybridized carbons (Fsp3) is 0.391. The van der Waals surface area contributed by atoms with E-state index in [4.69, 9.17) is 9.84 Å². The molecule has 13 heteroatoms. The first-order valence-electron chi connectivity index (χ1n) is 10.6. The number of alkyl halides is 3. The fourth-order valence-corrected chi connectivity index (χ4v) is 3.28. The number of carbonyl (C=O) groups is 2. The maximum absolute atomic E-state index is 13.8. The van der Waals surface area contributed by atoms with Crippen LogP contribution in [0.5, 0.6) is 5.75 Å². The summed E-state index contributed by atoms with van der Waals surface area (Å²) in [5.41, 5.74) is -1.25. The van der Waals surface area contributed by atoms with Gasteiger partial charge in [-0.2, -0.15) is 13.2 Å². The van der Waals surface area contributed by atoms with E-state index in [9.17, 15) is 43.2 Å². The van der Waals surface area contributed by atoms with Gasteiger partial charge in [-0.15, -0.1) is 0 Å². The van der Waals surface area contributed by atoms with Gasteiger partial charge in [0.25, 0.3) is 11.8 Å². The molecule has 10 nitrogen and oxygen atoms in total. The summed E-state index contributed by atoms with van der Waals surface area (Å²) in [4.78, 5) is 24.2. The van der Waals surface area contributed by atoms with E-state index in [1.807, 2.05) is 0 Å². The summed E-state index contributed by atoms with van der Waals surface area (Å²) in [6.45, 7) is -0.551. The third kappa shape index (κ3) is 6.92. The summed E-state index contributed by atoms with van der Waals surface area (Å²) < 4.78 is 46.4. The Kier molecular flexibility index (Phi) is 9.78. The van der Waals surface area contributed by atoms with E-state index in [1.54, 1.807) is 0 Å². The smallest absolute Gasteiger partial charge is 0.419 e. The van der Waals surface area contributed by atoms with E-state index < -0.39 is 60.5 Å². The zero-order valence-electron chi connectivity index (χ0n) is 19.3. The Balaban J connectivity index is 2.49. The number of rotatable bonds is 10. The van der Waals surface area contributed by atoms with Gasteiger partial charge in [-0.05, 0) is 47.9 Å². The van der Waals surface area contributed by atoms with Gasteiger partial charge in [-0.3, -0.25) is 9.59 Å². The fourth-order valence-electron chi connectivity index (χ4n) is 3.28. The van der Waals surface area contributed by atoms with Crippen LogP contribution in [0.4, 0.5) is 13.2 Å². The molecule has 0 fully saturated rings. The predicted molar refractivity (Wildman–Crippen MR) is 120 cm³/mol. The summed E-state index contributed by atoms with van der Waals surface area (Å²) in [5, 5.41) is 53.0. The second-order valence-corrected chi connectivity index (χ2v) is 7.74. The third-order valence-corrected chi connectivity index (χ3v) is 5.24. The zero-order valence-corrected chi connectivity index (χ0v) is 19.3. The van der Waals surface area contributed by atoms with Gasteiger partial charge in [0, 0.05) is 31.8 Å². The molecular formula is C23H27F3N2O8. The largest absolute Gasteiger partial charge is 0.462 e. The van der Waals surface area contributed by atoms with Crippen molar-refractivity contribution in [3.8, 4) is 16.9 Å². The van der Waals surface area contributed by atoms with Gasteiger partial charge in [0.1, 0.15) is 18.0 Å². The van der Waals surface area contributed by atoms with Gasteiger partial charge in [-0.1, -0.05) is 6.07 Å². The van der Waals surface area contributed by atoms with Crippen molar-refractivity contribution >= 4 is 11.8 Å². The first kappa shape index (κ1) is 29.0. The number of aliphatic hydroxyl groups excluding tert-OH is 5. The molecule has 0 aliphatic rings. The van der Waals surface area contributed by atoms with E-state index in [0.29, 0.717) is 6.07 Å². The SMILES string of the molecule is CNC(=O)c1cc(C(=O)NC)cc(-c2ccc(OC(O)C(O)C(O)C(O)CCO)c(C(F)(F)F)c2)c1. The standard InChI is InChI=1S/C23H27F3N2O8/c1-27-20(33)13-7-12(8-14(9-13)21(34)28-2)11-3-4-17(15(10-11)23(24,25)26)36-22(35)19(32)18(31)16(30)5-6-29/h3-4,7-10,16,18-19,22,29-32,35H,5-6H2,1-2H3,(H,27,33)(H,28,34). The number of hydrogen-bond donors (Lipinski definition) is 7. The van der Waals surface area contributed by atoms with Crippen LogP contribution in [0, 0.1) is 0 Å². The van der Waals surface area contributed by atoms with Crippen LogP contribution in [0.3, 0.4) is 0 Å². The van der Waals surface area contributed by atoms with Crippen LogP contribution in [0.25, 0.3) is 11.1 Å². The highest BCUT2D eigenvalue weighted by molar-refractivity contribution is 6.01. The highest BCUT2D eigenvalue weighted by Gasteiger charge is 2.37. The number of amides is 2. The van der Waals surface area contributed by atoms with Gasteiger partial charge in [0.15, 0.2) is 0 Å². The van der Waals surface area contributed by atoms with Gasteiger partial charge in [-0.25, -0.2) is 0 Å². The lowest BCUT2D eigenvalue weighted by molar-refractivity contribution is -0.171. The van der Waals surface area contributed by atoms with E-state index in [1.165, 1.54) is 38.4 Å². The third-order valence-electron chi connectivity index (χ3n) is 5.24. The molecule has 0 aromatic heterocycles. The molecule has 0 spiro atoms. The molecule has 0 aliphatic heterocycles. The Hall–Kier alpha value is -3.23. The molecule has 0 saturated heterocycles. The van der Waals surface area contributed by atoms with E-state index in [-0.39, 0.29) is 28.7 Å². The van der Waals surface area contributed by atoms with Crippen molar-refractivity contribution in [1.82, 2.24) is 10.6 Å². The second-order valence-electron chi connectivity index (χ2n) is 7.74. The highest BCUT2D eigenvalue weighted by Crippen LogP contribution is 2.39. The number of ether oxygens (including phenoxy) is 1. The summed E-state index contributed by atoms with van der Waals surface area (Å²) in [6.07, 6.45) is -13.6. The molecule has 7 N–H and O–H groups in total. The molecule has 2 rings (SSSR count). The molecule has 0 heterocycles. The average Bonchev–Trinajstić information content (AvgIpc) is 2.85. The Morgan fingerprint density at radius 3 is 1.92 bits per heavy atom. The van der Waals surface area contributed by atoms with Crippen LogP contribution >= 0.6 is 0 Å². The minimum absolute atomic E-state index is 0.0245. The summed E-state index contributed by atoms with van der Waals surface area (Å²) in [5.74, 6) is -2.04. The Labute approximate surface area is 204 Å². The van der Waals surface area contributed by atoms with Crippen molar-refractivity contribution in [3.05, 3.63) is 53.1 Å². The number of hydrogen-bond acceptors (Lipinski definition) is 8. The summed E-state index contributed by atoms with van der Waals surface area (Å²) in [7, 11) is 2.70. The van der Waals surface area contributed by atoms with Crippen molar-refractivity contribution in [3.63, 3.8) is 0 Å². The first-order chi connectivity index (χ1) is 16.8. The molecule has 4 unspecified atom stereocenters. The summed E-state index contributed by atoms with van der Waals surface area (Å²) >= 11 is 0. The lowest BCUT2D eigenvalue weighted by atomic mass is 9.97. The molecular weight excluding hydrogens is 489 g/mol. The van der Waals surface area contributed by atoms with E-state index in [0.717, 1.165) is 6.07 Å². The van der Waals surface area contributed by atoms with Crippen LogP contribution in [-0.4, -0.2) is 82.7 Å². The molecule has 198 valence electrons. The molecule has 2 aromatic carbocycles. The quantitative estimate of drug-likeness (QED) is 0.221. The number of benzene rings is 2. The normalized spacial score (nSPS) is 14.9. The average molecular weight is 516 g/mol. The Morgan fingerprint density at radius 2 is 1.44 bits per heavy atom. The van der Waals surface area contributed by atoms with E-state index in [2.05, 4.69) is 10.6 Å². The molecule has 0 aliphatic carbocycles. The van der Waals surface area contributed by atoms with Crippen LogP contribution in [-0.2, 0) is 6.18 Å². The van der Waals surface area contributed by atoms with Crippen molar-refractivity contribution in [2.75, 3.05) is 20.7 Å².